The Bertz CT molecular complexity index is 759. The van der Waals surface area contributed by atoms with Gasteiger partial charge < -0.3 is 15.3 Å². The van der Waals surface area contributed by atoms with Gasteiger partial charge in [0.05, 0.1) is 18.3 Å². The van der Waals surface area contributed by atoms with E-state index in [0.29, 0.717) is 18.7 Å². The predicted molar refractivity (Wildman–Crippen MR) is 85.4 cm³/mol. The van der Waals surface area contributed by atoms with E-state index in [2.05, 4.69) is 9.97 Å². The number of hydrogen-bond donors (Lipinski definition) is 3. The van der Waals surface area contributed by atoms with Gasteiger partial charge in [0.1, 0.15) is 5.82 Å². The lowest BCUT2D eigenvalue weighted by atomic mass is 9.91. The van der Waals surface area contributed by atoms with Crippen LogP contribution in [0.2, 0.25) is 0 Å². The monoisotopic (exact) mass is 350 g/mol. The number of aliphatic hydroxyl groups is 3. The number of aromatic nitrogens is 2. The lowest BCUT2D eigenvalue weighted by Gasteiger charge is -2.22. The Balaban J connectivity index is 1.75. The van der Waals surface area contributed by atoms with E-state index in [4.69, 9.17) is 0 Å². The van der Waals surface area contributed by atoms with Crippen LogP contribution in [0.4, 0.5) is 8.78 Å². The molecule has 1 aliphatic rings. The lowest BCUT2D eigenvalue weighted by molar-refractivity contribution is -0.0278. The fraction of sp³-hybridized carbons (Fsp3) is 0.444. The van der Waals surface area contributed by atoms with Crippen molar-refractivity contribution >= 4 is 0 Å². The molecule has 1 aromatic carbocycles. The molecule has 0 spiro atoms. The Morgan fingerprint density at radius 3 is 2.60 bits per heavy atom. The molecule has 1 fully saturated rings. The molecule has 3 N–H and O–H groups in total. The lowest BCUT2D eigenvalue weighted by Crippen LogP contribution is -2.31. The summed E-state index contributed by atoms with van der Waals surface area (Å²) in [5, 5.41) is 31.1. The summed E-state index contributed by atoms with van der Waals surface area (Å²) in [7, 11) is 0. The van der Waals surface area contributed by atoms with E-state index in [1.165, 1.54) is 6.07 Å². The molecule has 25 heavy (non-hydrogen) atoms. The average molecular weight is 350 g/mol. The molecule has 0 aliphatic heterocycles. The highest BCUT2D eigenvalue weighted by molar-refractivity contribution is 5.22. The van der Waals surface area contributed by atoms with Crippen LogP contribution in [0.15, 0.2) is 30.5 Å². The number of halogens is 2. The Morgan fingerprint density at radius 2 is 1.92 bits per heavy atom. The second-order valence-corrected chi connectivity index (χ2v) is 6.56. The average Bonchev–Trinajstić information content (AvgIpc) is 2.85. The highest BCUT2D eigenvalue weighted by Gasteiger charge is 2.45. The quantitative estimate of drug-likeness (QED) is 0.781. The molecular formula is C18H20F2N2O3. The molecule has 134 valence electrons. The van der Waals surface area contributed by atoms with Gasteiger partial charge in [-0.3, -0.25) is 0 Å². The molecule has 1 aromatic heterocycles. The van der Waals surface area contributed by atoms with Crippen LogP contribution in [0.1, 0.15) is 29.6 Å². The largest absolute Gasteiger partial charge is 0.390 e. The first-order valence-electron chi connectivity index (χ1n) is 8.14. The number of aliphatic hydroxyl groups excluding tert-OH is 3. The van der Waals surface area contributed by atoms with Crippen molar-refractivity contribution < 1.29 is 24.1 Å². The van der Waals surface area contributed by atoms with Gasteiger partial charge in [-0.25, -0.2) is 18.7 Å². The number of nitrogens with zero attached hydrogens (tertiary/aromatic N) is 2. The SMILES string of the molecule is Cc1nccc(C[C@@H]2C[C@H]([C@@H](O)c3ccc(F)c(F)c3)[C@@H](O)[C@H]2O)n1. The molecule has 5 atom stereocenters. The van der Waals surface area contributed by atoms with Crippen LogP contribution in [-0.4, -0.2) is 37.5 Å². The summed E-state index contributed by atoms with van der Waals surface area (Å²) < 4.78 is 26.4. The van der Waals surface area contributed by atoms with Crippen LogP contribution < -0.4 is 0 Å². The van der Waals surface area contributed by atoms with Crippen molar-refractivity contribution in [1.29, 1.82) is 0 Å². The van der Waals surface area contributed by atoms with Gasteiger partial charge in [-0.05, 0) is 49.4 Å². The van der Waals surface area contributed by atoms with E-state index in [1.807, 2.05) is 0 Å². The number of aryl methyl sites for hydroxylation is 1. The van der Waals surface area contributed by atoms with Gasteiger partial charge in [0, 0.05) is 17.8 Å². The molecule has 1 saturated carbocycles. The van der Waals surface area contributed by atoms with Crippen molar-refractivity contribution in [1.82, 2.24) is 9.97 Å². The molecule has 7 heteroatoms. The van der Waals surface area contributed by atoms with Gasteiger partial charge in [0.2, 0.25) is 0 Å². The summed E-state index contributed by atoms with van der Waals surface area (Å²) in [6.45, 7) is 1.76. The van der Waals surface area contributed by atoms with Gasteiger partial charge in [-0.2, -0.15) is 0 Å². The van der Waals surface area contributed by atoms with Gasteiger partial charge in [0.15, 0.2) is 11.6 Å². The Morgan fingerprint density at radius 1 is 1.16 bits per heavy atom. The van der Waals surface area contributed by atoms with Crippen molar-refractivity contribution in [3.63, 3.8) is 0 Å². The number of hydrogen-bond acceptors (Lipinski definition) is 5. The molecule has 1 aliphatic carbocycles. The second kappa shape index (κ2) is 7.11. The van der Waals surface area contributed by atoms with Crippen LogP contribution >= 0.6 is 0 Å². The van der Waals surface area contributed by atoms with Gasteiger partial charge >= 0.3 is 0 Å². The van der Waals surface area contributed by atoms with E-state index in [9.17, 15) is 24.1 Å². The summed E-state index contributed by atoms with van der Waals surface area (Å²) in [4.78, 5) is 8.31. The van der Waals surface area contributed by atoms with Gasteiger partial charge in [0.25, 0.3) is 0 Å². The van der Waals surface area contributed by atoms with E-state index in [1.54, 1.807) is 19.2 Å². The Labute approximate surface area is 144 Å². The molecule has 5 nitrogen and oxygen atoms in total. The molecule has 0 saturated heterocycles. The maximum absolute atomic E-state index is 13.4. The minimum atomic E-state index is -1.20. The summed E-state index contributed by atoms with van der Waals surface area (Å²) in [6, 6.07) is 4.88. The third-order valence-electron chi connectivity index (χ3n) is 4.84. The Kier molecular flexibility index (Phi) is 5.08. The topological polar surface area (TPSA) is 86.5 Å². The third kappa shape index (κ3) is 3.68. The maximum Gasteiger partial charge on any atom is 0.159 e. The first kappa shape index (κ1) is 17.8. The maximum atomic E-state index is 13.4. The molecule has 1 heterocycles. The van der Waals surface area contributed by atoms with Crippen molar-refractivity contribution in [3.05, 3.63) is 59.2 Å². The summed E-state index contributed by atoms with van der Waals surface area (Å²) in [5.41, 5.74) is 0.917. The standard InChI is InChI=1S/C18H20F2N2O3/c1-9-21-5-4-12(22-9)6-11-7-13(18(25)17(11)24)16(23)10-2-3-14(19)15(20)8-10/h2-5,8,11,13,16-18,23-25H,6-7H2,1H3/t11-,13-,16+,17+,18-/m1/s1. The predicted octanol–water partition coefficient (Wildman–Crippen LogP) is 1.70. The van der Waals surface area contributed by atoms with Crippen LogP contribution in [0.3, 0.4) is 0 Å². The smallest absolute Gasteiger partial charge is 0.159 e. The summed E-state index contributed by atoms with van der Waals surface area (Å²) >= 11 is 0. The highest BCUT2D eigenvalue weighted by atomic mass is 19.2. The van der Waals surface area contributed by atoms with E-state index >= 15 is 0 Å². The van der Waals surface area contributed by atoms with Gasteiger partial charge in [-0.1, -0.05) is 6.07 Å². The highest BCUT2D eigenvalue weighted by Crippen LogP contribution is 2.41. The van der Waals surface area contributed by atoms with Crippen LogP contribution in [0.5, 0.6) is 0 Å². The minimum Gasteiger partial charge on any atom is -0.390 e. The van der Waals surface area contributed by atoms with Crippen molar-refractivity contribution in [3.8, 4) is 0 Å². The first-order valence-corrected chi connectivity index (χ1v) is 8.14. The second-order valence-electron chi connectivity index (χ2n) is 6.56. The molecule has 2 aromatic rings. The molecule has 3 rings (SSSR count). The minimum absolute atomic E-state index is 0.175. The number of benzene rings is 1. The van der Waals surface area contributed by atoms with Crippen LogP contribution in [0.25, 0.3) is 0 Å². The molecular weight excluding hydrogens is 330 g/mol. The van der Waals surface area contributed by atoms with Gasteiger partial charge in [-0.15, -0.1) is 0 Å². The zero-order chi connectivity index (χ0) is 18.1. The van der Waals surface area contributed by atoms with E-state index < -0.39 is 35.9 Å². The van der Waals surface area contributed by atoms with E-state index in [-0.39, 0.29) is 11.5 Å². The van der Waals surface area contributed by atoms with Crippen molar-refractivity contribution in [2.75, 3.05) is 0 Å². The van der Waals surface area contributed by atoms with Crippen molar-refractivity contribution in [2.45, 2.75) is 38.1 Å². The fourth-order valence-corrected chi connectivity index (χ4v) is 3.51. The molecule has 0 radical (unpaired) electrons. The first-order chi connectivity index (χ1) is 11.9. The molecule has 0 unspecified atom stereocenters. The molecule has 0 bridgehead atoms. The summed E-state index contributed by atoms with van der Waals surface area (Å²) in [6.07, 6.45) is -0.981. The van der Waals surface area contributed by atoms with Crippen LogP contribution in [0, 0.1) is 30.4 Å². The zero-order valence-corrected chi connectivity index (χ0v) is 13.7. The third-order valence-corrected chi connectivity index (χ3v) is 4.84. The summed E-state index contributed by atoms with van der Waals surface area (Å²) in [5.74, 6) is -2.41. The fourth-order valence-electron chi connectivity index (χ4n) is 3.51. The normalized spacial score (nSPS) is 27.4. The van der Waals surface area contributed by atoms with Crippen molar-refractivity contribution in [2.24, 2.45) is 11.8 Å². The molecule has 0 amide bonds. The Hall–Kier alpha value is -1.96. The van der Waals surface area contributed by atoms with Crippen LogP contribution in [-0.2, 0) is 6.42 Å². The van der Waals surface area contributed by atoms with E-state index in [0.717, 1.165) is 17.8 Å². The number of rotatable bonds is 4. The zero-order valence-electron chi connectivity index (χ0n) is 13.7.